The Bertz CT molecular complexity index is 437. The van der Waals surface area contributed by atoms with Gasteiger partial charge in [0.25, 0.3) is 0 Å². The first-order valence-electron chi connectivity index (χ1n) is 4.04. The van der Waals surface area contributed by atoms with Gasteiger partial charge in [0.05, 0.1) is 0 Å². The lowest BCUT2D eigenvalue weighted by atomic mass is 10.1. The van der Waals surface area contributed by atoms with Gasteiger partial charge in [0.15, 0.2) is 0 Å². The van der Waals surface area contributed by atoms with Gasteiger partial charge in [0, 0.05) is 10.4 Å². The lowest BCUT2D eigenvalue weighted by molar-refractivity contribution is 1.49. The van der Waals surface area contributed by atoms with Crippen LogP contribution in [0.1, 0.15) is 5.56 Å². The van der Waals surface area contributed by atoms with Crippen LogP contribution in [-0.2, 0) is 5.33 Å². The van der Waals surface area contributed by atoms with Crippen molar-refractivity contribution in [2.75, 3.05) is 0 Å². The predicted octanol–water partition coefficient (Wildman–Crippen LogP) is 4.39. The van der Waals surface area contributed by atoms with E-state index in [1.165, 1.54) is 16.3 Å². The van der Waals surface area contributed by atoms with Gasteiger partial charge in [-0.05, 0) is 28.5 Å². The first-order valence-corrected chi connectivity index (χ1v) is 5.54. The minimum atomic E-state index is 0.799. The molecule has 0 atom stereocenters. The van der Waals surface area contributed by atoms with Crippen molar-refractivity contribution in [1.29, 1.82) is 0 Å². The molecule has 2 aromatic carbocycles. The van der Waals surface area contributed by atoms with Crippen LogP contribution in [0.4, 0.5) is 0 Å². The molecule has 0 fully saturated rings. The Morgan fingerprint density at radius 3 is 2.69 bits per heavy atom. The van der Waals surface area contributed by atoms with Gasteiger partial charge in [-0.25, -0.2) is 0 Å². The Balaban J connectivity index is 2.81. The molecule has 0 aromatic heterocycles. The second-order valence-electron chi connectivity index (χ2n) is 2.92. The quantitative estimate of drug-likeness (QED) is 0.663. The highest BCUT2D eigenvalue weighted by atomic mass is 79.9. The van der Waals surface area contributed by atoms with Crippen molar-refractivity contribution >= 4 is 38.3 Å². The molecule has 0 amide bonds. The van der Waals surface area contributed by atoms with Crippen molar-refractivity contribution in [2.45, 2.75) is 5.33 Å². The van der Waals surface area contributed by atoms with Gasteiger partial charge in [-0.2, -0.15) is 0 Å². The highest BCUT2D eigenvalue weighted by molar-refractivity contribution is 9.08. The zero-order valence-corrected chi connectivity index (χ0v) is 9.27. The summed E-state index contributed by atoms with van der Waals surface area (Å²) in [6, 6.07) is 12.2. The average Bonchev–Trinajstić information content (AvgIpc) is 2.16. The van der Waals surface area contributed by atoms with Gasteiger partial charge >= 0.3 is 0 Å². The average molecular weight is 256 g/mol. The van der Waals surface area contributed by atoms with Crippen molar-refractivity contribution in [1.82, 2.24) is 0 Å². The fraction of sp³-hybridized carbons (Fsp3) is 0.0909. The summed E-state index contributed by atoms with van der Waals surface area (Å²) in [5.41, 5.74) is 1.24. The number of alkyl halides is 1. The standard InChI is InChI=1S/C11H8BrCl/c12-7-9-6-10(13)5-8-3-1-2-4-11(8)9/h1-6H,7H2. The zero-order chi connectivity index (χ0) is 9.26. The van der Waals surface area contributed by atoms with Crippen LogP contribution in [0.2, 0.25) is 5.02 Å². The van der Waals surface area contributed by atoms with E-state index in [4.69, 9.17) is 11.6 Å². The molecule has 0 saturated heterocycles. The molecule has 0 aliphatic carbocycles. The number of fused-ring (bicyclic) bond motifs is 1. The largest absolute Gasteiger partial charge is 0.0876 e. The molecule has 0 nitrogen and oxygen atoms in total. The third-order valence-corrected chi connectivity index (χ3v) is 2.88. The number of hydrogen-bond acceptors (Lipinski definition) is 0. The Hall–Kier alpha value is -0.530. The van der Waals surface area contributed by atoms with E-state index in [1.807, 2.05) is 24.3 Å². The van der Waals surface area contributed by atoms with Crippen molar-refractivity contribution < 1.29 is 0 Å². The number of benzene rings is 2. The minimum Gasteiger partial charge on any atom is -0.0876 e. The molecule has 0 saturated carbocycles. The Labute approximate surface area is 90.6 Å². The highest BCUT2D eigenvalue weighted by Crippen LogP contribution is 2.25. The summed E-state index contributed by atoms with van der Waals surface area (Å²) in [6.07, 6.45) is 0. The number of hydrogen-bond donors (Lipinski definition) is 0. The fourth-order valence-electron chi connectivity index (χ4n) is 1.46. The molecule has 0 unspecified atom stereocenters. The van der Waals surface area contributed by atoms with Crippen molar-refractivity contribution in [3.8, 4) is 0 Å². The van der Waals surface area contributed by atoms with Crippen LogP contribution in [0, 0.1) is 0 Å². The molecular weight excluding hydrogens is 247 g/mol. The van der Waals surface area contributed by atoms with Crippen LogP contribution in [0.15, 0.2) is 36.4 Å². The molecule has 13 heavy (non-hydrogen) atoms. The number of halogens is 2. The van der Waals surface area contributed by atoms with Gasteiger partial charge in [0.1, 0.15) is 0 Å². The summed E-state index contributed by atoms with van der Waals surface area (Å²) in [5.74, 6) is 0. The first-order chi connectivity index (χ1) is 6.31. The third-order valence-electron chi connectivity index (χ3n) is 2.06. The van der Waals surface area contributed by atoms with Crippen molar-refractivity contribution in [2.24, 2.45) is 0 Å². The van der Waals surface area contributed by atoms with Crippen LogP contribution in [0.5, 0.6) is 0 Å². The molecule has 2 rings (SSSR count). The van der Waals surface area contributed by atoms with E-state index in [9.17, 15) is 0 Å². The van der Waals surface area contributed by atoms with Crippen LogP contribution < -0.4 is 0 Å². The molecule has 0 aliphatic heterocycles. The normalized spacial score (nSPS) is 10.6. The molecule has 2 aromatic rings. The second kappa shape index (κ2) is 3.69. The summed E-state index contributed by atoms with van der Waals surface area (Å²) >= 11 is 9.44. The molecule has 0 bridgehead atoms. The first kappa shape index (κ1) is 9.04. The van der Waals surface area contributed by atoms with E-state index in [-0.39, 0.29) is 0 Å². The summed E-state index contributed by atoms with van der Waals surface area (Å²) in [6.45, 7) is 0. The van der Waals surface area contributed by atoms with E-state index in [0.717, 1.165) is 10.4 Å². The molecular formula is C11H8BrCl. The summed E-state index contributed by atoms with van der Waals surface area (Å²) in [7, 11) is 0. The maximum absolute atomic E-state index is 5.98. The van der Waals surface area contributed by atoms with Gasteiger partial charge in [-0.3, -0.25) is 0 Å². The lowest BCUT2D eigenvalue weighted by Crippen LogP contribution is -1.81. The lowest BCUT2D eigenvalue weighted by Gasteiger charge is -2.03. The van der Waals surface area contributed by atoms with Crippen LogP contribution in [0.25, 0.3) is 10.8 Å². The van der Waals surface area contributed by atoms with Crippen LogP contribution in [0.3, 0.4) is 0 Å². The molecule has 0 radical (unpaired) electrons. The second-order valence-corrected chi connectivity index (χ2v) is 3.92. The topological polar surface area (TPSA) is 0 Å². The molecule has 2 heteroatoms. The maximum Gasteiger partial charge on any atom is 0.0415 e. The van der Waals surface area contributed by atoms with E-state index < -0.39 is 0 Å². The number of rotatable bonds is 1. The Morgan fingerprint density at radius 1 is 1.15 bits per heavy atom. The minimum absolute atomic E-state index is 0.799. The molecule has 66 valence electrons. The van der Waals surface area contributed by atoms with E-state index in [1.54, 1.807) is 0 Å². The molecule has 0 spiro atoms. The van der Waals surface area contributed by atoms with E-state index >= 15 is 0 Å². The monoisotopic (exact) mass is 254 g/mol. The SMILES string of the molecule is Clc1cc(CBr)c2ccccc2c1. The smallest absolute Gasteiger partial charge is 0.0415 e. The summed E-state index contributed by atoms with van der Waals surface area (Å²) < 4.78 is 0. The van der Waals surface area contributed by atoms with Crippen LogP contribution in [-0.4, -0.2) is 0 Å². The van der Waals surface area contributed by atoms with Gasteiger partial charge in [-0.15, -0.1) is 0 Å². The molecule has 0 N–H and O–H groups in total. The van der Waals surface area contributed by atoms with Gasteiger partial charge in [0.2, 0.25) is 0 Å². The third kappa shape index (κ3) is 1.72. The fourth-order valence-corrected chi connectivity index (χ4v) is 2.17. The van der Waals surface area contributed by atoms with Gasteiger partial charge in [-0.1, -0.05) is 51.8 Å². The molecule has 0 heterocycles. The van der Waals surface area contributed by atoms with E-state index in [0.29, 0.717) is 0 Å². The summed E-state index contributed by atoms with van der Waals surface area (Å²) in [4.78, 5) is 0. The zero-order valence-electron chi connectivity index (χ0n) is 6.93. The predicted molar refractivity (Wildman–Crippen MR) is 61.6 cm³/mol. The van der Waals surface area contributed by atoms with Gasteiger partial charge < -0.3 is 0 Å². The van der Waals surface area contributed by atoms with Crippen molar-refractivity contribution in [3.05, 3.63) is 47.0 Å². The van der Waals surface area contributed by atoms with Crippen molar-refractivity contribution in [3.63, 3.8) is 0 Å². The Kier molecular flexibility index (Phi) is 2.56. The maximum atomic E-state index is 5.98. The Morgan fingerprint density at radius 2 is 1.92 bits per heavy atom. The summed E-state index contributed by atoms with van der Waals surface area (Å²) in [5, 5.41) is 4.11. The molecule has 0 aliphatic rings. The van der Waals surface area contributed by atoms with E-state index in [2.05, 4.69) is 28.1 Å². The highest BCUT2D eigenvalue weighted by Gasteiger charge is 2.00. The van der Waals surface area contributed by atoms with Crippen LogP contribution >= 0.6 is 27.5 Å².